The van der Waals surface area contributed by atoms with Crippen LogP contribution in [0.4, 0.5) is 0 Å². The fraction of sp³-hybridized carbons (Fsp3) is 0.125. The van der Waals surface area contributed by atoms with Crippen molar-refractivity contribution >= 4 is 0 Å². The lowest BCUT2D eigenvalue weighted by atomic mass is 10.0. The maximum Gasteiger partial charge on any atom is 0.247 e. The fourth-order valence-corrected chi connectivity index (χ4v) is 1.96. The summed E-state index contributed by atoms with van der Waals surface area (Å²) in [6, 6.07) is 16.6. The van der Waals surface area contributed by atoms with Crippen molar-refractivity contribution in [2.45, 2.75) is 13.8 Å². The average Bonchev–Trinajstić information content (AvgIpc) is 2.87. The van der Waals surface area contributed by atoms with E-state index in [1.807, 2.05) is 12.1 Å². The number of nitrogens with zero attached hydrogens (tertiary/aromatic N) is 2. The van der Waals surface area contributed by atoms with Gasteiger partial charge in [0.1, 0.15) is 0 Å². The molecule has 19 heavy (non-hydrogen) atoms. The van der Waals surface area contributed by atoms with Gasteiger partial charge >= 0.3 is 0 Å². The summed E-state index contributed by atoms with van der Waals surface area (Å²) in [5.74, 6) is 1.14. The molecule has 3 nitrogen and oxygen atoms in total. The van der Waals surface area contributed by atoms with Gasteiger partial charge in [0, 0.05) is 12.5 Å². The first kappa shape index (κ1) is 11.7. The Labute approximate surface area is 111 Å². The lowest BCUT2D eigenvalue weighted by Crippen LogP contribution is -1.81. The molecule has 0 atom stereocenters. The zero-order valence-corrected chi connectivity index (χ0v) is 10.9. The minimum Gasteiger partial charge on any atom is -0.421 e. The molecule has 0 bridgehead atoms. The molecule has 94 valence electrons. The van der Waals surface area contributed by atoms with E-state index in [0.29, 0.717) is 11.8 Å². The Kier molecular flexibility index (Phi) is 2.88. The van der Waals surface area contributed by atoms with Gasteiger partial charge in [-0.1, -0.05) is 42.0 Å². The number of benzene rings is 2. The molecule has 3 rings (SSSR count). The Hall–Kier alpha value is -2.42. The van der Waals surface area contributed by atoms with E-state index in [0.717, 1.165) is 5.56 Å². The van der Waals surface area contributed by atoms with E-state index >= 15 is 0 Å². The standard InChI is InChI=1S/C16H14N2O/c1-11-3-5-13(6-4-11)14-7-9-15(10-8-14)16-18-17-12(2)19-16/h3-10H,1-2H3. The Morgan fingerprint density at radius 1 is 0.684 bits per heavy atom. The monoisotopic (exact) mass is 250 g/mol. The third-order valence-electron chi connectivity index (χ3n) is 3.04. The van der Waals surface area contributed by atoms with Crippen LogP contribution in [0.1, 0.15) is 11.5 Å². The molecular formula is C16H14N2O. The second-order valence-electron chi connectivity index (χ2n) is 4.57. The molecule has 1 aromatic heterocycles. The highest BCUT2D eigenvalue weighted by Crippen LogP contribution is 2.24. The molecule has 0 N–H and O–H groups in total. The maximum atomic E-state index is 5.41. The highest BCUT2D eigenvalue weighted by atomic mass is 16.4. The third-order valence-corrected chi connectivity index (χ3v) is 3.04. The van der Waals surface area contributed by atoms with Crippen molar-refractivity contribution in [2.75, 3.05) is 0 Å². The summed E-state index contributed by atoms with van der Waals surface area (Å²) in [6.07, 6.45) is 0. The Morgan fingerprint density at radius 3 is 1.74 bits per heavy atom. The SMILES string of the molecule is Cc1ccc(-c2ccc(-c3nnc(C)o3)cc2)cc1. The lowest BCUT2D eigenvalue weighted by molar-refractivity contribution is 0.533. The molecule has 0 radical (unpaired) electrons. The second kappa shape index (κ2) is 4.69. The van der Waals surface area contributed by atoms with Gasteiger partial charge in [-0.25, -0.2) is 0 Å². The molecular weight excluding hydrogens is 236 g/mol. The van der Waals surface area contributed by atoms with Gasteiger partial charge in [-0.15, -0.1) is 10.2 Å². The smallest absolute Gasteiger partial charge is 0.247 e. The highest BCUT2D eigenvalue weighted by molar-refractivity contribution is 5.67. The summed E-state index contributed by atoms with van der Waals surface area (Å²) in [4.78, 5) is 0. The lowest BCUT2D eigenvalue weighted by Gasteiger charge is -2.03. The summed E-state index contributed by atoms with van der Waals surface area (Å²) in [5, 5.41) is 7.85. The summed E-state index contributed by atoms with van der Waals surface area (Å²) in [7, 11) is 0. The van der Waals surface area contributed by atoms with Crippen LogP contribution in [0.3, 0.4) is 0 Å². The van der Waals surface area contributed by atoms with Crippen molar-refractivity contribution in [3.8, 4) is 22.6 Å². The molecule has 2 aromatic carbocycles. The molecule has 0 aliphatic rings. The average molecular weight is 250 g/mol. The molecule has 3 aromatic rings. The molecule has 0 fully saturated rings. The normalized spacial score (nSPS) is 10.6. The molecule has 0 aliphatic carbocycles. The highest BCUT2D eigenvalue weighted by Gasteiger charge is 2.05. The van der Waals surface area contributed by atoms with Gasteiger partial charge in [-0.3, -0.25) is 0 Å². The molecule has 0 saturated carbocycles. The topological polar surface area (TPSA) is 38.9 Å². The van der Waals surface area contributed by atoms with E-state index in [4.69, 9.17) is 4.42 Å². The van der Waals surface area contributed by atoms with Crippen molar-refractivity contribution in [2.24, 2.45) is 0 Å². The molecule has 1 heterocycles. The van der Waals surface area contributed by atoms with Gasteiger partial charge in [0.2, 0.25) is 11.8 Å². The zero-order chi connectivity index (χ0) is 13.2. The van der Waals surface area contributed by atoms with E-state index in [2.05, 4.69) is 53.5 Å². The van der Waals surface area contributed by atoms with Crippen LogP contribution in [0, 0.1) is 13.8 Å². The van der Waals surface area contributed by atoms with Crippen molar-refractivity contribution in [3.05, 3.63) is 60.0 Å². The first-order valence-electron chi connectivity index (χ1n) is 6.20. The summed E-state index contributed by atoms with van der Waals surface area (Å²) >= 11 is 0. The van der Waals surface area contributed by atoms with Crippen LogP contribution in [0.5, 0.6) is 0 Å². The predicted molar refractivity (Wildman–Crippen MR) is 74.6 cm³/mol. The summed E-state index contributed by atoms with van der Waals surface area (Å²) < 4.78 is 5.41. The predicted octanol–water partition coefficient (Wildman–Crippen LogP) is 4.02. The van der Waals surface area contributed by atoms with E-state index in [1.54, 1.807) is 6.92 Å². The number of aromatic nitrogens is 2. The molecule has 0 spiro atoms. The molecule has 0 aliphatic heterocycles. The van der Waals surface area contributed by atoms with E-state index in [1.165, 1.54) is 16.7 Å². The van der Waals surface area contributed by atoms with Gasteiger partial charge in [-0.2, -0.15) is 0 Å². The maximum absolute atomic E-state index is 5.41. The van der Waals surface area contributed by atoms with E-state index < -0.39 is 0 Å². The Morgan fingerprint density at radius 2 is 1.21 bits per heavy atom. The molecule has 0 saturated heterocycles. The number of hydrogen-bond acceptors (Lipinski definition) is 3. The minimum absolute atomic E-state index is 0.563. The number of aryl methyl sites for hydroxylation is 2. The fourth-order valence-electron chi connectivity index (χ4n) is 1.96. The van der Waals surface area contributed by atoms with Crippen molar-refractivity contribution in [1.82, 2.24) is 10.2 Å². The number of hydrogen-bond donors (Lipinski definition) is 0. The third kappa shape index (κ3) is 2.40. The molecule has 0 amide bonds. The van der Waals surface area contributed by atoms with Gasteiger partial charge in [0.05, 0.1) is 0 Å². The molecule has 0 unspecified atom stereocenters. The van der Waals surface area contributed by atoms with Crippen LogP contribution >= 0.6 is 0 Å². The second-order valence-corrected chi connectivity index (χ2v) is 4.57. The van der Waals surface area contributed by atoms with Gasteiger partial charge in [0.25, 0.3) is 0 Å². The van der Waals surface area contributed by atoms with Crippen molar-refractivity contribution in [1.29, 1.82) is 0 Å². The first-order valence-corrected chi connectivity index (χ1v) is 6.20. The van der Waals surface area contributed by atoms with Crippen molar-refractivity contribution in [3.63, 3.8) is 0 Å². The zero-order valence-electron chi connectivity index (χ0n) is 10.9. The van der Waals surface area contributed by atoms with Crippen LogP contribution in [0.25, 0.3) is 22.6 Å². The van der Waals surface area contributed by atoms with Gasteiger partial charge in [0.15, 0.2) is 0 Å². The van der Waals surface area contributed by atoms with Gasteiger partial charge in [-0.05, 0) is 30.2 Å². The van der Waals surface area contributed by atoms with E-state index in [9.17, 15) is 0 Å². The summed E-state index contributed by atoms with van der Waals surface area (Å²) in [5.41, 5.74) is 4.59. The quantitative estimate of drug-likeness (QED) is 0.689. The Balaban J connectivity index is 1.92. The van der Waals surface area contributed by atoms with E-state index in [-0.39, 0.29) is 0 Å². The van der Waals surface area contributed by atoms with Crippen LogP contribution in [-0.4, -0.2) is 10.2 Å². The minimum atomic E-state index is 0.563. The van der Waals surface area contributed by atoms with Crippen LogP contribution in [0.15, 0.2) is 52.9 Å². The first-order chi connectivity index (χ1) is 9.22. The Bertz CT molecular complexity index is 682. The van der Waals surface area contributed by atoms with Crippen molar-refractivity contribution < 1.29 is 4.42 Å². The van der Waals surface area contributed by atoms with Gasteiger partial charge < -0.3 is 4.42 Å². The number of rotatable bonds is 2. The van der Waals surface area contributed by atoms with Crippen LogP contribution in [-0.2, 0) is 0 Å². The largest absolute Gasteiger partial charge is 0.421 e. The molecule has 3 heteroatoms. The van der Waals surface area contributed by atoms with Crippen LogP contribution < -0.4 is 0 Å². The van der Waals surface area contributed by atoms with Crippen LogP contribution in [0.2, 0.25) is 0 Å². The summed E-state index contributed by atoms with van der Waals surface area (Å²) in [6.45, 7) is 3.88.